The maximum Gasteiger partial charge on any atom is 0.115 e. The first kappa shape index (κ1) is 12.5. The van der Waals surface area contributed by atoms with E-state index in [-0.39, 0.29) is 0 Å². The average Bonchev–Trinajstić information content (AvgIpc) is 2.64. The normalized spacial score (nSPS) is 11.3. The first-order valence-corrected chi connectivity index (χ1v) is 6.20. The highest BCUT2D eigenvalue weighted by Crippen LogP contribution is 2.16. The van der Waals surface area contributed by atoms with E-state index in [1.54, 1.807) is 12.5 Å². The van der Waals surface area contributed by atoms with E-state index in [1.165, 1.54) is 11.3 Å². The largest absolute Gasteiger partial charge is 0.269 e. The van der Waals surface area contributed by atoms with Crippen LogP contribution in [0.25, 0.3) is 12.2 Å². The minimum atomic E-state index is 0.909. The molecule has 0 amide bonds. The predicted octanol–water partition coefficient (Wildman–Crippen LogP) is 2.87. The summed E-state index contributed by atoms with van der Waals surface area (Å²) in [7, 11) is 0. The monoisotopic (exact) mass is 242 g/mol. The van der Waals surface area contributed by atoms with Crippen LogP contribution in [0.3, 0.4) is 0 Å². The summed E-state index contributed by atoms with van der Waals surface area (Å²) >= 11 is 0. The second-order valence-electron chi connectivity index (χ2n) is 4.28. The number of hydrogen-bond donors (Lipinski definition) is 0. The molecular weight excluding hydrogens is 224 g/mol. The summed E-state index contributed by atoms with van der Waals surface area (Å²) in [4.78, 5) is 8.07. The Morgan fingerprint density at radius 2 is 2.11 bits per heavy atom. The van der Waals surface area contributed by atoms with Crippen molar-refractivity contribution in [3.63, 3.8) is 0 Å². The Morgan fingerprint density at radius 3 is 2.78 bits per heavy atom. The summed E-state index contributed by atoms with van der Waals surface area (Å²) in [5, 5.41) is 4.54. The van der Waals surface area contributed by atoms with Crippen LogP contribution in [-0.4, -0.2) is 19.7 Å². The lowest BCUT2D eigenvalue weighted by Crippen LogP contribution is -2.01. The highest BCUT2D eigenvalue weighted by atomic mass is 15.3. The molecule has 0 spiro atoms. The SMILES string of the molecule is CCCn1nc(C)c(/C=C/c2ccncn2)c1C. The van der Waals surface area contributed by atoms with Gasteiger partial charge in [0.2, 0.25) is 0 Å². The third-order valence-corrected chi connectivity index (χ3v) is 2.90. The molecule has 0 aromatic carbocycles. The molecular formula is C14H18N4. The summed E-state index contributed by atoms with van der Waals surface area (Å²) in [5.41, 5.74) is 4.36. The summed E-state index contributed by atoms with van der Waals surface area (Å²) in [5.74, 6) is 0. The molecule has 18 heavy (non-hydrogen) atoms. The van der Waals surface area contributed by atoms with E-state index in [9.17, 15) is 0 Å². The van der Waals surface area contributed by atoms with E-state index < -0.39 is 0 Å². The minimum Gasteiger partial charge on any atom is -0.269 e. The third kappa shape index (κ3) is 2.64. The van der Waals surface area contributed by atoms with Gasteiger partial charge in [-0.1, -0.05) is 6.92 Å². The van der Waals surface area contributed by atoms with Gasteiger partial charge in [-0.3, -0.25) is 4.68 Å². The molecule has 0 unspecified atom stereocenters. The Kier molecular flexibility index (Phi) is 3.87. The Morgan fingerprint density at radius 1 is 1.28 bits per heavy atom. The van der Waals surface area contributed by atoms with Crippen LogP contribution in [0.15, 0.2) is 18.6 Å². The fourth-order valence-corrected chi connectivity index (χ4v) is 1.95. The summed E-state index contributed by atoms with van der Waals surface area (Å²) in [6.45, 7) is 7.27. The second-order valence-corrected chi connectivity index (χ2v) is 4.28. The van der Waals surface area contributed by atoms with Crippen LogP contribution in [0.2, 0.25) is 0 Å². The van der Waals surface area contributed by atoms with Crippen LogP contribution in [0.5, 0.6) is 0 Å². The van der Waals surface area contributed by atoms with Crippen molar-refractivity contribution in [2.24, 2.45) is 0 Å². The minimum absolute atomic E-state index is 0.909. The molecule has 94 valence electrons. The molecule has 0 radical (unpaired) electrons. The number of hydrogen-bond acceptors (Lipinski definition) is 3. The molecule has 2 aromatic heterocycles. The molecule has 0 aliphatic rings. The molecule has 2 heterocycles. The van der Waals surface area contributed by atoms with Crippen LogP contribution >= 0.6 is 0 Å². The van der Waals surface area contributed by atoms with Crippen LogP contribution in [-0.2, 0) is 6.54 Å². The number of nitrogens with zero attached hydrogens (tertiary/aromatic N) is 4. The van der Waals surface area contributed by atoms with Crippen molar-refractivity contribution < 1.29 is 0 Å². The molecule has 0 N–H and O–H groups in total. The number of rotatable bonds is 4. The van der Waals surface area contributed by atoms with E-state index >= 15 is 0 Å². The van der Waals surface area contributed by atoms with Crippen molar-refractivity contribution in [3.05, 3.63) is 41.2 Å². The Labute approximate surface area is 107 Å². The van der Waals surface area contributed by atoms with Gasteiger partial charge in [-0.25, -0.2) is 9.97 Å². The first-order valence-electron chi connectivity index (χ1n) is 6.20. The number of aromatic nitrogens is 4. The van der Waals surface area contributed by atoms with Gasteiger partial charge in [0.1, 0.15) is 6.33 Å². The molecule has 0 saturated heterocycles. The number of aryl methyl sites for hydroxylation is 2. The van der Waals surface area contributed by atoms with Crippen molar-refractivity contribution in [2.75, 3.05) is 0 Å². The van der Waals surface area contributed by atoms with E-state index in [1.807, 2.05) is 19.1 Å². The molecule has 0 fully saturated rings. The van der Waals surface area contributed by atoms with Gasteiger partial charge in [0.25, 0.3) is 0 Å². The maximum atomic E-state index is 4.54. The van der Waals surface area contributed by atoms with Gasteiger partial charge in [-0.15, -0.1) is 0 Å². The molecule has 0 aliphatic heterocycles. The van der Waals surface area contributed by atoms with Gasteiger partial charge in [-0.2, -0.15) is 5.10 Å². The van der Waals surface area contributed by atoms with Gasteiger partial charge < -0.3 is 0 Å². The zero-order valence-electron chi connectivity index (χ0n) is 11.1. The molecule has 0 atom stereocenters. The average molecular weight is 242 g/mol. The van der Waals surface area contributed by atoms with E-state index in [2.05, 4.69) is 39.7 Å². The van der Waals surface area contributed by atoms with Crippen molar-refractivity contribution in [2.45, 2.75) is 33.7 Å². The quantitative estimate of drug-likeness (QED) is 0.828. The molecule has 2 rings (SSSR count). The van der Waals surface area contributed by atoms with Gasteiger partial charge in [0.15, 0.2) is 0 Å². The standard InChI is InChI=1S/C14H18N4/c1-4-9-18-12(3)14(11(2)17-18)6-5-13-7-8-15-10-16-13/h5-8,10H,4,9H2,1-3H3/b6-5+. The Hall–Kier alpha value is -1.97. The van der Waals surface area contributed by atoms with Crippen LogP contribution < -0.4 is 0 Å². The summed E-state index contributed by atoms with van der Waals surface area (Å²) < 4.78 is 2.06. The summed E-state index contributed by atoms with van der Waals surface area (Å²) in [6.07, 6.45) is 8.46. The highest BCUT2D eigenvalue weighted by Gasteiger charge is 2.07. The maximum absolute atomic E-state index is 4.54. The molecule has 0 bridgehead atoms. The van der Waals surface area contributed by atoms with Crippen LogP contribution in [0, 0.1) is 13.8 Å². The van der Waals surface area contributed by atoms with Crippen molar-refractivity contribution in [1.29, 1.82) is 0 Å². The van der Waals surface area contributed by atoms with E-state index in [0.29, 0.717) is 0 Å². The zero-order chi connectivity index (χ0) is 13.0. The molecule has 0 aliphatic carbocycles. The Balaban J connectivity index is 2.27. The molecule has 2 aromatic rings. The molecule has 4 nitrogen and oxygen atoms in total. The lowest BCUT2D eigenvalue weighted by atomic mass is 10.1. The van der Waals surface area contributed by atoms with Gasteiger partial charge in [0.05, 0.1) is 11.4 Å². The first-order chi connectivity index (χ1) is 8.72. The van der Waals surface area contributed by atoms with E-state index in [4.69, 9.17) is 0 Å². The lowest BCUT2D eigenvalue weighted by molar-refractivity contribution is 0.583. The van der Waals surface area contributed by atoms with Crippen LogP contribution in [0.1, 0.15) is 36.0 Å². The highest BCUT2D eigenvalue weighted by molar-refractivity contribution is 5.70. The van der Waals surface area contributed by atoms with Gasteiger partial charge >= 0.3 is 0 Å². The Bertz CT molecular complexity index is 540. The fraction of sp³-hybridized carbons (Fsp3) is 0.357. The van der Waals surface area contributed by atoms with Gasteiger partial charge in [-0.05, 0) is 38.5 Å². The van der Waals surface area contributed by atoms with Crippen molar-refractivity contribution >= 4 is 12.2 Å². The zero-order valence-corrected chi connectivity index (χ0v) is 11.1. The van der Waals surface area contributed by atoms with E-state index in [0.717, 1.165) is 24.4 Å². The fourth-order valence-electron chi connectivity index (χ4n) is 1.95. The lowest BCUT2D eigenvalue weighted by Gasteiger charge is -2.00. The van der Waals surface area contributed by atoms with Crippen molar-refractivity contribution in [3.8, 4) is 0 Å². The third-order valence-electron chi connectivity index (χ3n) is 2.90. The van der Waals surface area contributed by atoms with Crippen molar-refractivity contribution in [1.82, 2.24) is 19.7 Å². The molecule has 0 saturated carbocycles. The second kappa shape index (κ2) is 5.58. The smallest absolute Gasteiger partial charge is 0.115 e. The van der Waals surface area contributed by atoms with Gasteiger partial charge in [0, 0.05) is 24.0 Å². The topological polar surface area (TPSA) is 43.6 Å². The predicted molar refractivity (Wildman–Crippen MR) is 73.0 cm³/mol. The van der Waals surface area contributed by atoms with Crippen LogP contribution in [0.4, 0.5) is 0 Å². The summed E-state index contributed by atoms with van der Waals surface area (Å²) in [6, 6.07) is 1.89. The molecule has 4 heteroatoms.